The van der Waals surface area contributed by atoms with Gasteiger partial charge in [0.15, 0.2) is 38.2 Å². The van der Waals surface area contributed by atoms with Gasteiger partial charge in [-0.3, -0.25) is 9.59 Å². The molecule has 3 N–H and O–H groups in total. The van der Waals surface area contributed by atoms with Gasteiger partial charge in [-0.05, 0) is 30.9 Å². The average molecular weight is 535 g/mol. The highest BCUT2D eigenvalue weighted by molar-refractivity contribution is 6.46. The summed E-state index contributed by atoms with van der Waals surface area (Å²) < 4.78 is 4.29. The smallest absolute Gasteiger partial charge is 0.327 e. The van der Waals surface area contributed by atoms with Crippen molar-refractivity contribution in [2.24, 2.45) is 0 Å². The van der Waals surface area contributed by atoms with E-state index in [-0.39, 0.29) is 17.7 Å². The van der Waals surface area contributed by atoms with Crippen LogP contribution in [0.2, 0.25) is 0 Å². The van der Waals surface area contributed by atoms with Crippen LogP contribution >= 0.6 is 0 Å². The molecule has 8 heteroatoms. The number of carbonyl (C=O) groups is 2. The van der Waals surface area contributed by atoms with Gasteiger partial charge in [-0.25, -0.2) is 4.58 Å². The predicted molar refractivity (Wildman–Crippen MR) is 158 cm³/mol. The fourth-order valence-corrected chi connectivity index (χ4v) is 4.66. The lowest BCUT2D eigenvalue weighted by Crippen LogP contribution is -2.38. The molecular weight excluding hydrogens is 499 g/mol. The quantitative estimate of drug-likeness (QED) is 0.144. The molecule has 1 unspecified atom stereocenters. The predicted octanol–water partition coefficient (Wildman–Crippen LogP) is 2.01. The molecular formula is C32H36BN4O3+2. The summed E-state index contributed by atoms with van der Waals surface area (Å²) in [6.07, 6.45) is 10.9. The minimum atomic E-state index is -0.175. The Morgan fingerprint density at radius 3 is 2.55 bits per heavy atom. The zero-order valence-corrected chi connectivity index (χ0v) is 22.9. The standard InChI is InChI=1S/C32H34BN4O3/c1-24(2)31(38)34-15-9-16-35-32(39)29-18-28(22-37(23-29)19-25-10-4-3-5-11-25)26-13-8-17-36(20-26)21-27-12-6-7-14-30(27)33-40/h3-8,10-14,17-18,22-23,26,40H,1,9,15-16,19-21H2,2H3/p+2. The molecule has 0 saturated carbocycles. The molecule has 2 heterocycles. The first kappa shape index (κ1) is 28.7. The summed E-state index contributed by atoms with van der Waals surface area (Å²) in [5.41, 5.74) is 5.10. The molecule has 0 spiro atoms. The third kappa shape index (κ3) is 8.10. The van der Waals surface area contributed by atoms with Crippen LogP contribution in [-0.4, -0.2) is 54.7 Å². The molecule has 1 aliphatic rings. The number of nitrogens with zero attached hydrogens (tertiary/aromatic N) is 2. The van der Waals surface area contributed by atoms with E-state index in [9.17, 15) is 14.6 Å². The van der Waals surface area contributed by atoms with Gasteiger partial charge in [0.1, 0.15) is 5.56 Å². The summed E-state index contributed by atoms with van der Waals surface area (Å²) in [5, 5.41) is 15.4. The maximum atomic E-state index is 13.2. The van der Waals surface area contributed by atoms with Crippen molar-refractivity contribution in [1.82, 2.24) is 10.6 Å². The van der Waals surface area contributed by atoms with Crippen LogP contribution in [0.3, 0.4) is 0 Å². The lowest BCUT2D eigenvalue weighted by molar-refractivity contribution is -0.689. The molecule has 203 valence electrons. The van der Waals surface area contributed by atoms with Gasteiger partial charge in [0.05, 0.1) is 5.92 Å². The first-order chi connectivity index (χ1) is 19.4. The van der Waals surface area contributed by atoms with Crippen molar-refractivity contribution in [3.63, 3.8) is 0 Å². The number of allylic oxidation sites excluding steroid dienone is 1. The second-order valence-electron chi connectivity index (χ2n) is 10.1. The van der Waals surface area contributed by atoms with Gasteiger partial charge >= 0.3 is 7.48 Å². The van der Waals surface area contributed by atoms with Gasteiger partial charge in [0.25, 0.3) is 5.91 Å². The van der Waals surface area contributed by atoms with Crippen molar-refractivity contribution < 1.29 is 23.8 Å². The number of hydrogen-bond donors (Lipinski definition) is 3. The molecule has 7 nitrogen and oxygen atoms in total. The van der Waals surface area contributed by atoms with Crippen molar-refractivity contribution in [3.05, 3.63) is 120 Å². The van der Waals surface area contributed by atoms with Crippen LogP contribution in [0.5, 0.6) is 0 Å². The van der Waals surface area contributed by atoms with Crippen molar-refractivity contribution in [1.29, 1.82) is 0 Å². The highest BCUT2D eigenvalue weighted by Gasteiger charge is 2.24. The van der Waals surface area contributed by atoms with E-state index >= 15 is 0 Å². The average Bonchev–Trinajstić information content (AvgIpc) is 2.97. The number of carbonyl (C=O) groups excluding carboxylic acids is 2. The normalized spacial score (nSPS) is 14.2. The number of hydrogen-bond acceptors (Lipinski definition) is 3. The number of benzene rings is 2. The van der Waals surface area contributed by atoms with E-state index in [2.05, 4.69) is 57.0 Å². The van der Waals surface area contributed by atoms with E-state index in [1.165, 1.54) is 0 Å². The molecule has 0 fully saturated rings. The summed E-state index contributed by atoms with van der Waals surface area (Å²) in [7, 11) is 1.15. The Kier molecular flexibility index (Phi) is 10.2. The number of amides is 2. The third-order valence-corrected chi connectivity index (χ3v) is 6.79. The van der Waals surface area contributed by atoms with Gasteiger partial charge in [-0.15, -0.1) is 0 Å². The van der Waals surface area contributed by atoms with Gasteiger partial charge in [0, 0.05) is 35.4 Å². The molecule has 1 aromatic heterocycles. The Labute approximate surface area is 236 Å². The fraction of sp³-hybridized carbons (Fsp3) is 0.250. The summed E-state index contributed by atoms with van der Waals surface area (Å²) in [5.74, 6) is -0.237. The van der Waals surface area contributed by atoms with E-state index in [0.717, 1.165) is 36.2 Å². The van der Waals surface area contributed by atoms with Crippen LogP contribution in [0.15, 0.2) is 97.4 Å². The summed E-state index contributed by atoms with van der Waals surface area (Å²) >= 11 is 0. The zero-order chi connectivity index (χ0) is 28.3. The molecule has 0 bridgehead atoms. The molecule has 2 amide bonds. The highest BCUT2D eigenvalue weighted by Crippen LogP contribution is 2.20. The SMILES string of the molecule is C=C(C)C(=O)NCCCNC(=O)c1cc(C2C=CC=[N+](Cc3ccccc3[B]O)C2)c[n+](Cc2ccccc2)c1. The molecule has 3 aromatic rings. The van der Waals surface area contributed by atoms with Crippen molar-refractivity contribution in [3.8, 4) is 0 Å². The van der Waals surface area contributed by atoms with Gasteiger partial charge in [0.2, 0.25) is 5.91 Å². The van der Waals surface area contributed by atoms with Crippen LogP contribution in [0.1, 0.15) is 46.3 Å². The second-order valence-corrected chi connectivity index (χ2v) is 10.1. The summed E-state index contributed by atoms with van der Waals surface area (Å²) in [6.45, 7) is 8.28. The molecule has 2 aromatic carbocycles. The lowest BCUT2D eigenvalue weighted by atomic mass is 9.84. The fourth-order valence-electron chi connectivity index (χ4n) is 4.66. The molecule has 1 atom stereocenters. The van der Waals surface area contributed by atoms with Gasteiger partial charge in [-0.2, -0.15) is 4.57 Å². The van der Waals surface area contributed by atoms with E-state index in [1.54, 1.807) is 6.92 Å². The van der Waals surface area contributed by atoms with Crippen molar-refractivity contribution in [2.45, 2.75) is 32.4 Å². The minimum absolute atomic E-state index is 0.0856. The summed E-state index contributed by atoms with van der Waals surface area (Å²) in [6, 6.07) is 19.9. The van der Waals surface area contributed by atoms with Crippen LogP contribution in [0, 0.1) is 0 Å². The topological polar surface area (TPSA) is 85.3 Å². The second kappa shape index (κ2) is 14.2. The van der Waals surface area contributed by atoms with Gasteiger partial charge in [-0.1, -0.05) is 67.3 Å². The monoisotopic (exact) mass is 535 g/mol. The lowest BCUT2D eigenvalue weighted by Gasteiger charge is -2.16. The third-order valence-electron chi connectivity index (χ3n) is 6.79. The molecule has 0 aliphatic carbocycles. The van der Waals surface area contributed by atoms with Crippen molar-refractivity contribution in [2.75, 3.05) is 19.6 Å². The Morgan fingerprint density at radius 2 is 1.77 bits per heavy atom. The maximum Gasteiger partial charge on any atom is 0.327 e. The van der Waals surface area contributed by atoms with E-state index in [1.807, 2.05) is 60.8 Å². The zero-order valence-electron chi connectivity index (χ0n) is 22.9. The van der Waals surface area contributed by atoms with Crippen molar-refractivity contribution >= 4 is 31.0 Å². The van der Waals surface area contributed by atoms with Crippen LogP contribution in [0.4, 0.5) is 0 Å². The highest BCUT2D eigenvalue weighted by atomic mass is 16.2. The Bertz CT molecular complexity index is 1420. The van der Waals surface area contributed by atoms with E-state index in [0.29, 0.717) is 43.7 Å². The maximum absolute atomic E-state index is 13.2. The minimum Gasteiger partial charge on any atom is -0.450 e. The first-order valence-corrected chi connectivity index (χ1v) is 13.5. The van der Waals surface area contributed by atoms with Crippen LogP contribution in [0.25, 0.3) is 0 Å². The molecule has 1 aliphatic heterocycles. The Balaban J connectivity index is 1.49. The number of aromatic nitrogens is 1. The molecule has 1 radical (unpaired) electrons. The molecule has 0 saturated heterocycles. The summed E-state index contributed by atoms with van der Waals surface area (Å²) in [4.78, 5) is 24.8. The van der Waals surface area contributed by atoms with Crippen LogP contribution in [-0.2, 0) is 17.9 Å². The molecule has 40 heavy (non-hydrogen) atoms. The Morgan fingerprint density at radius 1 is 1.02 bits per heavy atom. The number of nitrogens with one attached hydrogen (secondary N) is 2. The number of pyridine rings is 1. The first-order valence-electron chi connectivity index (χ1n) is 13.5. The van der Waals surface area contributed by atoms with Gasteiger partial charge < -0.3 is 15.7 Å². The van der Waals surface area contributed by atoms with E-state index in [4.69, 9.17) is 0 Å². The number of rotatable bonds is 12. The largest absolute Gasteiger partial charge is 0.450 e. The Hall–Kier alpha value is -4.30. The molecule has 4 rings (SSSR count). The van der Waals surface area contributed by atoms with Crippen LogP contribution < -0.4 is 20.7 Å². The van der Waals surface area contributed by atoms with E-state index < -0.39 is 0 Å².